The Bertz CT molecular complexity index is 676. The number of aromatic carboxylic acids is 1. The average Bonchev–Trinajstić information content (AvgIpc) is 2.38. The van der Waals surface area contributed by atoms with Gasteiger partial charge in [-0.2, -0.15) is 0 Å². The molecule has 0 aliphatic carbocycles. The molecule has 0 saturated carbocycles. The van der Waals surface area contributed by atoms with Crippen molar-refractivity contribution in [1.82, 2.24) is 0 Å². The van der Waals surface area contributed by atoms with Crippen LogP contribution in [0, 0.1) is 27.7 Å². The number of rotatable bonds is 2. The molecule has 2 aromatic carbocycles. The van der Waals surface area contributed by atoms with Crippen molar-refractivity contribution in [2.75, 3.05) is 0 Å². The molecular weight excluding hydrogens is 272 g/mol. The highest BCUT2D eigenvalue weighted by Gasteiger charge is 2.14. The maximum atomic E-state index is 11.0. The summed E-state index contributed by atoms with van der Waals surface area (Å²) in [6, 6.07) is 7.06. The van der Waals surface area contributed by atoms with Gasteiger partial charge in [0, 0.05) is 10.6 Å². The molecule has 0 saturated heterocycles. The summed E-state index contributed by atoms with van der Waals surface area (Å²) in [6.45, 7) is 8.28. The summed E-state index contributed by atoms with van der Waals surface area (Å²) in [5.41, 5.74) is 6.97. The minimum atomic E-state index is -0.965. The SMILES string of the molecule is Cc1cc(C)c(C)c(-c2ccc(C(=O)O)cc2Cl)c1C. The van der Waals surface area contributed by atoms with Crippen molar-refractivity contribution in [3.05, 3.63) is 57.1 Å². The van der Waals surface area contributed by atoms with Crippen LogP contribution in [-0.2, 0) is 0 Å². The van der Waals surface area contributed by atoms with Gasteiger partial charge in [-0.1, -0.05) is 23.7 Å². The zero-order valence-electron chi connectivity index (χ0n) is 12.0. The van der Waals surface area contributed by atoms with Crippen LogP contribution in [0.5, 0.6) is 0 Å². The van der Waals surface area contributed by atoms with Crippen LogP contribution in [0.15, 0.2) is 24.3 Å². The largest absolute Gasteiger partial charge is 0.478 e. The molecule has 0 aliphatic rings. The molecule has 1 N–H and O–H groups in total. The lowest BCUT2D eigenvalue weighted by molar-refractivity contribution is 0.0697. The second-order valence-electron chi connectivity index (χ2n) is 5.14. The molecule has 0 spiro atoms. The Morgan fingerprint density at radius 1 is 1.00 bits per heavy atom. The molecule has 0 atom stereocenters. The molecule has 2 rings (SSSR count). The van der Waals surface area contributed by atoms with E-state index in [0.717, 1.165) is 11.1 Å². The number of hydrogen-bond donors (Lipinski definition) is 1. The Labute approximate surface area is 124 Å². The maximum absolute atomic E-state index is 11.0. The van der Waals surface area contributed by atoms with Crippen LogP contribution < -0.4 is 0 Å². The molecule has 0 heterocycles. The lowest BCUT2D eigenvalue weighted by atomic mass is 9.89. The van der Waals surface area contributed by atoms with E-state index in [1.807, 2.05) is 0 Å². The summed E-state index contributed by atoms with van der Waals surface area (Å²) >= 11 is 6.29. The molecular formula is C17H17ClO2. The normalized spacial score (nSPS) is 10.7. The molecule has 2 aromatic rings. The van der Waals surface area contributed by atoms with Crippen LogP contribution in [-0.4, -0.2) is 11.1 Å². The summed E-state index contributed by atoms with van der Waals surface area (Å²) in [7, 11) is 0. The number of hydrogen-bond acceptors (Lipinski definition) is 1. The van der Waals surface area contributed by atoms with Crippen molar-refractivity contribution in [1.29, 1.82) is 0 Å². The Hall–Kier alpha value is -1.80. The van der Waals surface area contributed by atoms with Gasteiger partial charge in [0.25, 0.3) is 0 Å². The summed E-state index contributed by atoms with van der Waals surface area (Å²) in [6.07, 6.45) is 0. The van der Waals surface area contributed by atoms with E-state index in [4.69, 9.17) is 16.7 Å². The van der Waals surface area contributed by atoms with E-state index in [1.165, 1.54) is 28.3 Å². The van der Waals surface area contributed by atoms with E-state index >= 15 is 0 Å². The van der Waals surface area contributed by atoms with Gasteiger partial charge in [-0.05, 0) is 67.6 Å². The first-order valence-electron chi connectivity index (χ1n) is 6.43. The first-order valence-corrected chi connectivity index (χ1v) is 6.81. The first-order chi connectivity index (χ1) is 9.32. The minimum Gasteiger partial charge on any atom is -0.478 e. The standard InChI is InChI=1S/C17H17ClO2/c1-9-7-10(2)12(4)16(11(9)3)14-6-5-13(17(19)20)8-15(14)18/h5-8H,1-4H3,(H,19,20). The van der Waals surface area contributed by atoms with E-state index < -0.39 is 5.97 Å². The third kappa shape index (κ3) is 2.44. The average molecular weight is 289 g/mol. The Balaban J connectivity index is 2.72. The topological polar surface area (TPSA) is 37.3 Å². The Morgan fingerprint density at radius 3 is 2.00 bits per heavy atom. The summed E-state index contributed by atoms with van der Waals surface area (Å²) in [5.74, 6) is -0.965. The number of carbonyl (C=O) groups is 1. The first kappa shape index (κ1) is 14.6. The lowest BCUT2D eigenvalue weighted by Gasteiger charge is -2.17. The minimum absolute atomic E-state index is 0.207. The zero-order chi connectivity index (χ0) is 15.0. The molecule has 0 aliphatic heterocycles. The molecule has 0 radical (unpaired) electrons. The van der Waals surface area contributed by atoms with E-state index in [2.05, 4.69) is 33.8 Å². The second kappa shape index (κ2) is 5.29. The molecule has 3 heteroatoms. The van der Waals surface area contributed by atoms with Gasteiger partial charge in [-0.25, -0.2) is 4.79 Å². The van der Waals surface area contributed by atoms with E-state index in [9.17, 15) is 4.79 Å². The fourth-order valence-corrected chi connectivity index (χ4v) is 2.75. The van der Waals surface area contributed by atoms with Gasteiger partial charge >= 0.3 is 5.97 Å². The second-order valence-corrected chi connectivity index (χ2v) is 5.54. The summed E-state index contributed by atoms with van der Waals surface area (Å²) in [5, 5.41) is 9.48. The van der Waals surface area contributed by atoms with Gasteiger partial charge in [0.15, 0.2) is 0 Å². The van der Waals surface area contributed by atoms with Crippen LogP contribution in [0.3, 0.4) is 0 Å². The molecule has 20 heavy (non-hydrogen) atoms. The Morgan fingerprint density at radius 2 is 1.55 bits per heavy atom. The molecule has 104 valence electrons. The van der Waals surface area contributed by atoms with E-state index in [0.29, 0.717) is 5.02 Å². The van der Waals surface area contributed by atoms with Gasteiger partial charge in [0.05, 0.1) is 5.56 Å². The van der Waals surface area contributed by atoms with Gasteiger partial charge in [-0.15, -0.1) is 0 Å². The van der Waals surface area contributed by atoms with Gasteiger partial charge in [-0.3, -0.25) is 0 Å². The van der Waals surface area contributed by atoms with E-state index in [-0.39, 0.29) is 5.56 Å². The quantitative estimate of drug-likeness (QED) is 0.850. The molecule has 0 amide bonds. The van der Waals surface area contributed by atoms with Crippen molar-refractivity contribution in [2.24, 2.45) is 0 Å². The van der Waals surface area contributed by atoms with Crippen molar-refractivity contribution in [3.8, 4) is 11.1 Å². The highest BCUT2D eigenvalue weighted by atomic mass is 35.5. The third-order valence-corrected chi connectivity index (χ3v) is 4.16. The van der Waals surface area contributed by atoms with Crippen LogP contribution in [0.2, 0.25) is 5.02 Å². The number of benzene rings is 2. The van der Waals surface area contributed by atoms with Crippen LogP contribution in [0.1, 0.15) is 32.6 Å². The molecule has 0 fully saturated rings. The smallest absolute Gasteiger partial charge is 0.335 e. The van der Waals surface area contributed by atoms with Crippen LogP contribution >= 0.6 is 11.6 Å². The number of aryl methyl sites for hydroxylation is 2. The van der Waals surface area contributed by atoms with Crippen molar-refractivity contribution < 1.29 is 9.90 Å². The predicted octanol–water partition coefficient (Wildman–Crippen LogP) is 4.94. The fourth-order valence-electron chi connectivity index (χ4n) is 2.47. The van der Waals surface area contributed by atoms with Crippen LogP contribution in [0.4, 0.5) is 0 Å². The monoisotopic (exact) mass is 288 g/mol. The van der Waals surface area contributed by atoms with E-state index in [1.54, 1.807) is 12.1 Å². The lowest BCUT2D eigenvalue weighted by Crippen LogP contribution is -1.99. The van der Waals surface area contributed by atoms with Crippen molar-refractivity contribution in [2.45, 2.75) is 27.7 Å². The van der Waals surface area contributed by atoms with Gasteiger partial charge in [0.1, 0.15) is 0 Å². The van der Waals surface area contributed by atoms with Gasteiger partial charge in [0.2, 0.25) is 0 Å². The molecule has 0 bridgehead atoms. The third-order valence-electron chi connectivity index (χ3n) is 3.85. The fraction of sp³-hybridized carbons (Fsp3) is 0.235. The number of carboxylic acid groups (broad SMARTS) is 1. The summed E-state index contributed by atoms with van der Waals surface area (Å²) < 4.78 is 0. The highest BCUT2D eigenvalue weighted by Crippen LogP contribution is 2.36. The highest BCUT2D eigenvalue weighted by molar-refractivity contribution is 6.33. The molecule has 2 nitrogen and oxygen atoms in total. The zero-order valence-corrected chi connectivity index (χ0v) is 12.8. The van der Waals surface area contributed by atoms with Crippen molar-refractivity contribution in [3.63, 3.8) is 0 Å². The van der Waals surface area contributed by atoms with Crippen molar-refractivity contribution >= 4 is 17.6 Å². The van der Waals surface area contributed by atoms with Gasteiger partial charge < -0.3 is 5.11 Å². The number of carboxylic acids is 1. The number of halogens is 1. The molecule has 0 unspecified atom stereocenters. The Kier molecular flexibility index (Phi) is 3.87. The summed E-state index contributed by atoms with van der Waals surface area (Å²) in [4.78, 5) is 11.0. The maximum Gasteiger partial charge on any atom is 0.335 e. The molecule has 0 aromatic heterocycles. The predicted molar refractivity (Wildman–Crippen MR) is 82.8 cm³/mol. The van der Waals surface area contributed by atoms with Crippen LogP contribution in [0.25, 0.3) is 11.1 Å².